The van der Waals surface area contributed by atoms with Crippen LogP contribution in [0.4, 0.5) is 0 Å². The van der Waals surface area contributed by atoms with Crippen molar-refractivity contribution in [1.29, 1.82) is 0 Å². The van der Waals surface area contributed by atoms with E-state index < -0.39 is 0 Å². The molecule has 0 saturated carbocycles. The molecule has 0 aliphatic carbocycles. The third-order valence-corrected chi connectivity index (χ3v) is 3.79. The van der Waals surface area contributed by atoms with Gasteiger partial charge < -0.3 is 5.73 Å². The zero-order chi connectivity index (χ0) is 13.8. The van der Waals surface area contributed by atoms with Crippen LogP contribution < -0.4 is 5.73 Å². The summed E-state index contributed by atoms with van der Waals surface area (Å²) in [6.07, 6.45) is 0. The molecule has 19 heavy (non-hydrogen) atoms. The summed E-state index contributed by atoms with van der Waals surface area (Å²) >= 11 is 0. The van der Waals surface area contributed by atoms with E-state index in [0.717, 1.165) is 13.1 Å². The van der Waals surface area contributed by atoms with E-state index in [9.17, 15) is 0 Å². The molecule has 0 spiro atoms. The molecule has 0 aliphatic heterocycles. The average molecular weight is 256 g/mol. The fraction of sp³-hybridized carbons (Fsp3) is 0.412. The van der Waals surface area contributed by atoms with Gasteiger partial charge in [0, 0.05) is 18.6 Å². The molecule has 0 fully saturated rings. The predicted molar refractivity (Wildman–Crippen MR) is 83.3 cm³/mol. The van der Waals surface area contributed by atoms with E-state index in [4.69, 9.17) is 5.73 Å². The maximum atomic E-state index is 6.43. The highest BCUT2D eigenvalue weighted by atomic mass is 15.1. The highest BCUT2D eigenvalue weighted by Gasteiger charge is 2.15. The SMILES string of the molecule is CCN(CC(N)c1cccc2ccccc12)C(C)C. The summed E-state index contributed by atoms with van der Waals surface area (Å²) in [6.45, 7) is 8.58. The van der Waals surface area contributed by atoms with Crippen LogP contribution in [0.25, 0.3) is 10.8 Å². The summed E-state index contributed by atoms with van der Waals surface area (Å²) in [4.78, 5) is 2.41. The van der Waals surface area contributed by atoms with Gasteiger partial charge in [0.25, 0.3) is 0 Å². The molecule has 0 amide bonds. The Kier molecular flexibility index (Phi) is 4.56. The zero-order valence-electron chi connectivity index (χ0n) is 12.1. The van der Waals surface area contributed by atoms with Crippen LogP contribution in [0.1, 0.15) is 32.4 Å². The Balaban J connectivity index is 2.28. The minimum atomic E-state index is 0.0634. The second kappa shape index (κ2) is 6.18. The van der Waals surface area contributed by atoms with Crippen LogP contribution in [-0.2, 0) is 0 Å². The van der Waals surface area contributed by atoms with Crippen LogP contribution in [0.3, 0.4) is 0 Å². The molecule has 0 aromatic heterocycles. The molecular weight excluding hydrogens is 232 g/mol. The van der Waals surface area contributed by atoms with Crippen LogP contribution in [0.15, 0.2) is 42.5 Å². The average Bonchev–Trinajstić information content (AvgIpc) is 2.43. The number of likely N-dealkylation sites (N-methyl/N-ethyl adjacent to an activating group) is 1. The first-order valence-electron chi connectivity index (χ1n) is 7.10. The number of nitrogens with two attached hydrogens (primary N) is 1. The van der Waals surface area contributed by atoms with Gasteiger partial charge in [-0.1, -0.05) is 49.4 Å². The molecule has 1 unspecified atom stereocenters. The van der Waals surface area contributed by atoms with Crippen molar-refractivity contribution < 1.29 is 0 Å². The van der Waals surface area contributed by atoms with Gasteiger partial charge in [0.2, 0.25) is 0 Å². The molecule has 102 valence electrons. The Labute approximate surface area is 116 Å². The van der Waals surface area contributed by atoms with Gasteiger partial charge in [0.05, 0.1) is 0 Å². The summed E-state index contributed by atoms with van der Waals surface area (Å²) in [5.74, 6) is 0. The van der Waals surface area contributed by atoms with Crippen molar-refractivity contribution in [3.8, 4) is 0 Å². The van der Waals surface area contributed by atoms with E-state index in [1.54, 1.807) is 0 Å². The van der Waals surface area contributed by atoms with Crippen LogP contribution >= 0.6 is 0 Å². The van der Waals surface area contributed by atoms with E-state index in [-0.39, 0.29) is 6.04 Å². The molecule has 2 heteroatoms. The molecule has 2 N–H and O–H groups in total. The number of benzene rings is 2. The smallest absolute Gasteiger partial charge is 0.0430 e. The maximum absolute atomic E-state index is 6.43. The normalized spacial score (nSPS) is 13.4. The fourth-order valence-corrected chi connectivity index (χ4v) is 2.63. The van der Waals surface area contributed by atoms with Crippen LogP contribution in [0, 0.1) is 0 Å². The lowest BCUT2D eigenvalue weighted by atomic mass is 9.98. The summed E-state index contributed by atoms with van der Waals surface area (Å²) in [7, 11) is 0. The van der Waals surface area contributed by atoms with Gasteiger partial charge in [0.15, 0.2) is 0 Å². The van der Waals surface area contributed by atoms with Crippen LogP contribution in [0.5, 0.6) is 0 Å². The molecule has 0 aliphatic rings. The second-order valence-electron chi connectivity index (χ2n) is 5.36. The molecule has 0 saturated heterocycles. The third kappa shape index (κ3) is 3.14. The fourth-order valence-electron chi connectivity index (χ4n) is 2.63. The lowest BCUT2D eigenvalue weighted by molar-refractivity contribution is 0.220. The Morgan fingerprint density at radius 1 is 1.05 bits per heavy atom. The van der Waals surface area contributed by atoms with Crippen molar-refractivity contribution in [2.75, 3.05) is 13.1 Å². The highest BCUT2D eigenvalue weighted by molar-refractivity contribution is 5.86. The van der Waals surface area contributed by atoms with Crippen LogP contribution in [0.2, 0.25) is 0 Å². The molecule has 0 radical (unpaired) electrons. The quantitative estimate of drug-likeness (QED) is 0.886. The molecule has 2 aromatic carbocycles. The Morgan fingerprint density at radius 2 is 1.74 bits per heavy atom. The van der Waals surface area contributed by atoms with Gasteiger partial charge in [-0.25, -0.2) is 0 Å². The molecule has 0 heterocycles. The number of hydrogen-bond donors (Lipinski definition) is 1. The molecule has 2 aromatic rings. The number of nitrogens with zero attached hydrogens (tertiary/aromatic N) is 1. The van der Waals surface area contributed by atoms with Crippen molar-refractivity contribution in [3.05, 3.63) is 48.0 Å². The monoisotopic (exact) mass is 256 g/mol. The Hall–Kier alpha value is -1.38. The molecule has 2 nitrogen and oxygen atoms in total. The highest BCUT2D eigenvalue weighted by Crippen LogP contribution is 2.23. The van der Waals surface area contributed by atoms with Gasteiger partial charge >= 0.3 is 0 Å². The minimum absolute atomic E-state index is 0.0634. The zero-order valence-corrected chi connectivity index (χ0v) is 12.1. The summed E-state index contributed by atoms with van der Waals surface area (Å²) < 4.78 is 0. The molecule has 1 atom stereocenters. The van der Waals surface area contributed by atoms with Gasteiger partial charge in [-0.3, -0.25) is 4.90 Å². The van der Waals surface area contributed by atoms with Crippen molar-refractivity contribution in [2.24, 2.45) is 5.73 Å². The third-order valence-electron chi connectivity index (χ3n) is 3.79. The lowest BCUT2D eigenvalue weighted by Crippen LogP contribution is -2.37. The van der Waals surface area contributed by atoms with E-state index in [2.05, 4.69) is 68.1 Å². The summed E-state index contributed by atoms with van der Waals surface area (Å²) in [5, 5.41) is 2.54. The van der Waals surface area contributed by atoms with Gasteiger partial charge in [0.1, 0.15) is 0 Å². The topological polar surface area (TPSA) is 29.3 Å². The van der Waals surface area contributed by atoms with Crippen molar-refractivity contribution in [2.45, 2.75) is 32.9 Å². The van der Waals surface area contributed by atoms with Gasteiger partial charge in [-0.2, -0.15) is 0 Å². The molecule has 0 bridgehead atoms. The van der Waals surface area contributed by atoms with E-state index in [0.29, 0.717) is 6.04 Å². The first-order valence-corrected chi connectivity index (χ1v) is 7.10. The van der Waals surface area contributed by atoms with Crippen molar-refractivity contribution in [1.82, 2.24) is 4.90 Å². The van der Waals surface area contributed by atoms with Crippen molar-refractivity contribution >= 4 is 10.8 Å². The standard InChI is InChI=1S/C17H24N2/c1-4-19(13(2)3)12-17(18)16-11-7-9-14-8-5-6-10-15(14)16/h5-11,13,17H,4,12,18H2,1-3H3. The summed E-state index contributed by atoms with van der Waals surface area (Å²) in [6, 6.07) is 15.5. The van der Waals surface area contributed by atoms with E-state index in [1.165, 1.54) is 16.3 Å². The number of hydrogen-bond acceptors (Lipinski definition) is 2. The number of rotatable bonds is 5. The largest absolute Gasteiger partial charge is 0.323 e. The predicted octanol–water partition coefficient (Wildman–Crippen LogP) is 3.57. The first-order chi connectivity index (χ1) is 9.13. The van der Waals surface area contributed by atoms with Gasteiger partial charge in [-0.15, -0.1) is 0 Å². The summed E-state index contributed by atoms with van der Waals surface area (Å²) in [5.41, 5.74) is 7.68. The van der Waals surface area contributed by atoms with Gasteiger partial charge in [-0.05, 0) is 36.7 Å². The van der Waals surface area contributed by atoms with E-state index >= 15 is 0 Å². The Morgan fingerprint density at radius 3 is 2.42 bits per heavy atom. The van der Waals surface area contributed by atoms with Crippen molar-refractivity contribution in [3.63, 3.8) is 0 Å². The Bertz CT molecular complexity index is 528. The number of fused-ring (bicyclic) bond motifs is 1. The molecular formula is C17H24N2. The minimum Gasteiger partial charge on any atom is -0.323 e. The molecule has 2 rings (SSSR count). The maximum Gasteiger partial charge on any atom is 0.0430 e. The van der Waals surface area contributed by atoms with E-state index in [1.807, 2.05) is 0 Å². The first kappa shape index (κ1) is 14.0. The lowest BCUT2D eigenvalue weighted by Gasteiger charge is -2.28. The second-order valence-corrected chi connectivity index (χ2v) is 5.36. The van der Waals surface area contributed by atoms with Crippen LogP contribution in [-0.4, -0.2) is 24.0 Å².